The summed E-state index contributed by atoms with van der Waals surface area (Å²) in [5.74, 6) is 0.346. The fourth-order valence-electron chi connectivity index (χ4n) is 3.12. The summed E-state index contributed by atoms with van der Waals surface area (Å²) in [5.41, 5.74) is 2.67. The SMILES string of the molecule is Cc1noc(C)c1S(=O)(=O)N1CCN(c2ccc(N(C)C)cc2)CC1. The van der Waals surface area contributed by atoms with E-state index in [4.69, 9.17) is 4.52 Å². The van der Waals surface area contributed by atoms with Crippen LogP contribution in [0, 0.1) is 13.8 Å². The molecule has 0 unspecified atom stereocenters. The Balaban J connectivity index is 1.71. The van der Waals surface area contributed by atoms with Crippen LogP contribution in [0.5, 0.6) is 0 Å². The van der Waals surface area contributed by atoms with E-state index >= 15 is 0 Å². The molecule has 0 spiro atoms. The second-order valence-electron chi connectivity index (χ2n) is 6.46. The minimum atomic E-state index is -3.56. The lowest BCUT2D eigenvalue weighted by atomic mass is 10.2. The number of benzene rings is 1. The molecule has 8 heteroatoms. The van der Waals surface area contributed by atoms with Crippen molar-refractivity contribution < 1.29 is 12.9 Å². The monoisotopic (exact) mass is 364 g/mol. The number of hydrogen-bond acceptors (Lipinski definition) is 6. The molecule has 1 aliphatic heterocycles. The van der Waals surface area contributed by atoms with Gasteiger partial charge in [-0.25, -0.2) is 8.42 Å². The summed E-state index contributed by atoms with van der Waals surface area (Å²) in [7, 11) is 0.455. The predicted molar refractivity (Wildman–Crippen MR) is 97.7 cm³/mol. The topological polar surface area (TPSA) is 69.9 Å². The van der Waals surface area contributed by atoms with Crippen molar-refractivity contribution in [3.8, 4) is 0 Å². The summed E-state index contributed by atoms with van der Waals surface area (Å²) >= 11 is 0. The number of aryl methyl sites for hydroxylation is 2. The highest BCUT2D eigenvalue weighted by Gasteiger charge is 2.33. The fourth-order valence-corrected chi connectivity index (χ4v) is 4.83. The van der Waals surface area contributed by atoms with Crippen LogP contribution in [-0.4, -0.2) is 58.2 Å². The van der Waals surface area contributed by atoms with Gasteiger partial charge in [0.05, 0.1) is 0 Å². The highest BCUT2D eigenvalue weighted by Crippen LogP contribution is 2.26. The Kier molecular flexibility index (Phi) is 4.75. The van der Waals surface area contributed by atoms with Crippen molar-refractivity contribution in [3.05, 3.63) is 35.7 Å². The van der Waals surface area contributed by atoms with Gasteiger partial charge in [-0.3, -0.25) is 0 Å². The number of anilines is 2. The summed E-state index contributed by atoms with van der Waals surface area (Å²) in [5, 5.41) is 3.77. The number of sulfonamides is 1. The third kappa shape index (κ3) is 3.36. The van der Waals surface area contributed by atoms with Crippen molar-refractivity contribution in [1.29, 1.82) is 0 Å². The lowest BCUT2D eigenvalue weighted by molar-refractivity contribution is 0.378. The Morgan fingerprint density at radius 1 is 1.04 bits per heavy atom. The van der Waals surface area contributed by atoms with Gasteiger partial charge in [0.25, 0.3) is 0 Å². The Labute approximate surface area is 148 Å². The number of hydrogen-bond donors (Lipinski definition) is 0. The van der Waals surface area contributed by atoms with Crippen LogP contribution >= 0.6 is 0 Å². The van der Waals surface area contributed by atoms with Crippen LogP contribution in [-0.2, 0) is 10.0 Å². The van der Waals surface area contributed by atoms with E-state index in [1.54, 1.807) is 13.8 Å². The largest absolute Gasteiger partial charge is 0.378 e. The summed E-state index contributed by atoms with van der Waals surface area (Å²) < 4.78 is 32.3. The number of aromatic nitrogens is 1. The molecule has 1 aromatic carbocycles. The lowest BCUT2D eigenvalue weighted by Crippen LogP contribution is -2.48. The average Bonchev–Trinajstić information content (AvgIpc) is 2.94. The number of nitrogens with zero attached hydrogens (tertiary/aromatic N) is 4. The van der Waals surface area contributed by atoms with Crippen molar-refractivity contribution in [2.24, 2.45) is 0 Å². The smallest absolute Gasteiger partial charge is 0.248 e. The summed E-state index contributed by atoms with van der Waals surface area (Å²) in [6.45, 7) is 5.50. The van der Waals surface area contributed by atoms with Crippen molar-refractivity contribution in [1.82, 2.24) is 9.46 Å². The van der Waals surface area contributed by atoms with Gasteiger partial charge in [0.1, 0.15) is 10.6 Å². The molecule has 2 aromatic rings. The molecule has 0 radical (unpaired) electrons. The zero-order valence-corrected chi connectivity index (χ0v) is 15.9. The quantitative estimate of drug-likeness (QED) is 0.825. The third-order valence-electron chi connectivity index (χ3n) is 4.54. The van der Waals surface area contributed by atoms with Crippen molar-refractivity contribution in [3.63, 3.8) is 0 Å². The Hall–Kier alpha value is -2.06. The minimum Gasteiger partial charge on any atom is -0.378 e. The van der Waals surface area contributed by atoms with Crippen LogP contribution in [0.2, 0.25) is 0 Å². The van der Waals surface area contributed by atoms with Gasteiger partial charge in [-0.15, -0.1) is 0 Å². The molecule has 0 aliphatic carbocycles. The first-order valence-electron chi connectivity index (χ1n) is 8.26. The molecule has 25 heavy (non-hydrogen) atoms. The van der Waals surface area contributed by atoms with Crippen molar-refractivity contribution >= 4 is 21.4 Å². The summed E-state index contributed by atoms with van der Waals surface area (Å²) in [6.07, 6.45) is 0. The van der Waals surface area contributed by atoms with Gasteiger partial charge in [0, 0.05) is 51.6 Å². The van der Waals surface area contributed by atoms with Crippen LogP contribution in [0.4, 0.5) is 11.4 Å². The van der Waals surface area contributed by atoms with Gasteiger partial charge in [-0.1, -0.05) is 5.16 Å². The average molecular weight is 364 g/mol. The lowest BCUT2D eigenvalue weighted by Gasteiger charge is -2.35. The van der Waals surface area contributed by atoms with E-state index in [1.807, 2.05) is 14.1 Å². The van der Waals surface area contributed by atoms with Crippen LogP contribution in [0.1, 0.15) is 11.5 Å². The van der Waals surface area contributed by atoms with Crippen LogP contribution < -0.4 is 9.80 Å². The van der Waals surface area contributed by atoms with Crippen LogP contribution in [0.3, 0.4) is 0 Å². The highest BCUT2D eigenvalue weighted by molar-refractivity contribution is 7.89. The standard InChI is InChI=1S/C17H24N4O3S/c1-13-17(14(2)24-18-13)25(22,23)21-11-9-20(10-12-21)16-7-5-15(6-8-16)19(3)4/h5-8H,9-12H2,1-4H3. The molecule has 0 saturated carbocycles. The summed E-state index contributed by atoms with van der Waals surface area (Å²) in [4.78, 5) is 4.47. The molecule has 1 aromatic heterocycles. The molecule has 0 bridgehead atoms. The zero-order valence-electron chi connectivity index (χ0n) is 15.1. The molecule has 0 amide bonds. The van der Waals surface area contributed by atoms with Crippen LogP contribution in [0.15, 0.2) is 33.7 Å². The van der Waals surface area contributed by atoms with E-state index in [2.05, 4.69) is 39.2 Å². The van der Waals surface area contributed by atoms with E-state index < -0.39 is 10.0 Å². The molecular weight excluding hydrogens is 340 g/mol. The number of rotatable bonds is 4. The Bertz CT molecular complexity index is 816. The van der Waals surface area contributed by atoms with Gasteiger partial charge in [0.2, 0.25) is 10.0 Å². The highest BCUT2D eigenvalue weighted by atomic mass is 32.2. The van der Waals surface area contributed by atoms with Crippen LogP contribution in [0.25, 0.3) is 0 Å². The maximum Gasteiger partial charge on any atom is 0.248 e. The second-order valence-corrected chi connectivity index (χ2v) is 8.33. The fraction of sp³-hybridized carbons (Fsp3) is 0.471. The van der Waals surface area contributed by atoms with Crippen molar-refractivity contribution in [2.45, 2.75) is 18.7 Å². The van der Waals surface area contributed by atoms with Gasteiger partial charge in [-0.2, -0.15) is 4.31 Å². The molecule has 0 atom stereocenters. The maximum absolute atomic E-state index is 12.9. The molecule has 1 saturated heterocycles. The summed E-state index contributed by atoms with van der Waals surface area (Å²) in [6, 6.07) is 8.30. The first kappa shape index (κ1) is 17.8. The zero-order chi connectivity index (χ0) is 18.2. The molecular formula is C17H24N4O3S. The second kappa shape index (κ2) is 6.68. The Morgan fingerprint density at radius 3 is 2.12 bits per heavy atom. The van der Waals surface area contributed by atoms with Gasteiger partial charge in [0.15, 0.2) is 5.76 Å². The molecule has 2 heterocycles. The van der Waals surface area contributed by atoms with Gasteiger partial charge in [-0.05, 0) is 38.1 Å². The van der Waals surface area contributed by atoms with Gasteiger partial charge >= 0.3 is 0 Å². The van der Waals surface area contributed by atoms with E-state index in [9.17, 15) is 8.42 Å². The molecule has 1 aliphatic rings. The molecule has 3 rings (SSSR count). The van der Waals surface area contributed by atoms with E-state index in [0.717, 1.165) is 11.4 Å². The first-order chi connectivity index (χ1) is 11.8. The molecule has 0 N–H and O–H groups in total. The number of piperazine rings is 1. The third-order valence-corrected chi connectivity index (χ3v) is 6.68. The normalized spacial score (nSPS) is 16.2. The predicted octanol–water partition coefficient (Wildman–Crippen LogP) is 1.87. The molecule has 7 nitrogen and oxygen atoms in total. The molecule has 136 valence electrons. The van der Waals surface area contributed by atoms with Gasteiger partial charge < -0.3 is 14.3 Å². The first-order valence-corrected chi connectivity index (χ1v) is 9.70. The maximum atomic E-state index is 12.9. The van der Waals surface area contributed by atoms with E-state index in [1.165, 1.54) is 4.31 Å². The molecule has 1 fully saturated rings. The van der Waals surface area contributed by atoms with Crippen molar-refractivity contribution in [2.75, 3.05) is 50.1 Å². The van der Waals surface area contributed by atoms with E-state index in [0.29, 0.717) is 37.6 Å². The van der Waals surface area contributed by atoms with E-state index in [-0.39, 0.29) is 4.90 Å². The minimum absolute atomic E-state index is 0.205. The Morgan fingerprint density at radius 2 is 1.64 bits per heavy atom.